The molecule has 3 aromatic rings. The molecule has 1 unspecified atom stereocenters. The Kier molecular flexibility index (Phi) is 6.25. The van der Waals surface area contributed by atoms with E-state index in [-0.39, 0.29) is 10.7 Å². The first kappa shape index (κ1) is 21.9. The van der Waals surface area contributed by atoms with E-state index in [0.717, 1.165) is 11.1 Å². The number of ketones is 1. The molecule has 0 aliphatic heterocycles. The van der Waals surface area contributed by atoms with Gasteiger partial charge in [-0.1, -0.05) is 78.4 Å². The molecule has 0 saturated carbocycles. The quantitative estimate of drug-likeness (QED) is 0.564. The third kappa shape index (κ3) is 5.04. The highest BCUT2D eigenvalue weighted by atomic mass is 32.2. The Morgan fingerprint density at radius 3 is 2.00 bits per heavy atom. The van der Waals surface area contributed by atoms with Gasteiger partial charge in [-0.25, -0.2) is 13.1 Å². The Morgan fingerprint density at radius 1 is 0.867 bits per heavy atom. The molecule has 3 rings (SSSR count). The van der Waals surface area contributed by atoms with Crippen molar-refractivity contribution < 1.29 is 13.2 Å². The summed E-state index contributed by atoms with van der Waals surface area (Å²) in [6.45, 7) is 7.28. The molecule has 4 nitrogen and oxygen atoms in total. The summed E-state index contributed by atoms with van der Waals surface area (Å²) in [6.07, 6.45) is 0. The average molecular weight is 422 g/mol. The molecule has 0 radical (unpaired) electrons. The molecular formula is C25H27NO3S. The number of hydrogen-bond acceptors (Lipinski definition) is 3. The van der Waals surface area contributed by atoms with Crippen LogP contribution in [0.5, 0.6) is 0 Å². The van der Waals surface area contributed by atoms with E-state index < -0.39 is 21.5 Å². The predicted molar refractivity (Wildman–Crippen MR) is 120 cm³/mol. The minimum Gasteiger partial charge on any atom is -0.293 e. The van der Waals surface area contributed by atoms with Gasteiger partial charge >= 0.3 is 0 Å². The first-order valence-corrected chi connectivity index (χ1v) is 11.4. The molecule has 0 aromatic heterocycles. The Hall–Kier alpha value is -2.76. The van der Waals surface area contributed by atoms with Gasteiger partial charge in [-0.3, -0.25) is 4.79 Å². The zero-order valence-corrected chi connectivity index (χ0v) is 18.5. The molecule has 0 aliphatic carbocycles. The van der Waals surface area contributed by atoms with E-state index in [2.05, 4.69) is 4.72 Å². The molecule has 1 N–H and O–H groups in total. The molecule has 0 spiro atoms. The van der Waals surface area contributed by atoms with Gasteiger partial charge in [0.15, 0.2) is 5.78 Å². The zero-order chi connectivity index (χ0) is 21.9. The molecule has 0 saturated heterocycles. The van der Waals surface area contributed by atoms with Crippen molar-refractivity contribution in [3.05, 3.63) is 101 Å². The number of nitrogens with one attached hydrogen (secondary N) is 1. The summed E-state index contributed by atoms with van der Waals surface area (Å²) in [5, 5.41) is 0. The molecule has 0 amide bonds. The summed E-state index contributed by atoms with van der Waals surface area (Å²) in [6, 6.07) is 23.5. The number of carbonyl (C=O) groups excluding carboxylic acids is 1. The number of rotatable bonds is 6. The maximum Gasteiger partial charge on any atom is 0.241 e. The molecule has 3 aromatic carbocycles. The van der Waals surface area contributed by atoms with E-state index in [1.807, 2.05) is 55.5 Å². The third-order valence-corrected chi connectivity index (χ3v) is 6.49. The van der Waals surface area contributed by atoms with E-state index in [1.54, 1.807) is 51.1 Å². The molecular weight excluding hydrogens is 394 g/mol. The number of Topliss-reactive ketones (excluding diaryl/α,β-unsaturated/α-hetero) is 1. The van der Waals surface area contributed by atoms with E-state index in [1.165, 1.54) is 0 Å². The monoisotopic (exact) mass is 421 g/mol. The first-order valence-electron chi connectivity index (χ1n) is 9.87. The Balaban J connectivity index is 2.24. The lowest BCUT2D eigenvalue weighted by atomic mass is 9.84. The highest BCUT2D eigenvalue weighted by Crippen LogP contribution is 2.34. The Labute approximate surface area is 179 Å². The third-order valence-electron chi connectivity index (χ3n) is 4.66. The summed E-state index contributed by atoms with van der Waals surface area (Å²) in [5.41, 5.74) is 2.02. The lowest BCUT2D eigenvalue weighted by molar-refractivity contribution is 0.0973. The number of hydrogen-bond donors (Lipinski definition) is 1. The SMILES string of the molecule is Cc1ccc(S(=O)(=O)NC(C)(C)C)c(C(C(=O)c2ccccc2)c2ccccc2)c1. The summed E-state index contributed by atoms with van der Waals surface area (Å²) in [4.78, 5) is 13.7. The van der Waals surface area contributed by atoms with Crippen LogP contribution in [0, 0.1) is 6.92 Å². The van der Waals surface area contributed by atoms with Crippen molar-refractivity contribution in [1.29, 1.82) is 0 Å². The van der Waals surface area contributed by atoms with Crippen LogP contribution in [0.3, 0.4) is 0 Å². The molecule has 5 heteroatoms. The summed E-state index contributed by atoms with van der Waals surface area (Å²) in [7, 11) is -3.84. The van der Waals surface area contributed by atoms with E-state index in [9.17, 15) is 13.2 Å². The standard InChI is InChI=1S/C25H27NO3S/c1-18-15-16-22(30(28,29)26-25(2,3)4)21(17-18)23(19-11-7-5-8-12-19)24(27)20-13-9-6-10-14-20/h5-17,23,26H,1-4H3. The van der Waals surface area contributed by atoms with Crippen LogP contribution in [0.15, 0.2) is 83.8 Å². The van der Waals surface area contributed by atoms with Gasteiger partial charge in [-0.2, -0.15) is 0 Å². The topological polar surface area (TPSA) is 63.2 Å². The summed E-state index contributed by atoms with van der Waals surface area (Å²) < 4.78 is 29.2. The normalized spacial score (nSPS) is 13.1. The Morgan fingerprint density at radius 2 is 1.43 bits per heavy atom. The van der Waals surface area contributed by atoms with Gasteiger partial charge in [-0.15, -0.1) is 0 Å². The van der Waals surface area contributed by atoms with Crippen LogP contribution >= 0.6 is 0 Å². The number of carbonyl (C=O) groups is 1. The van der Waals surface area contributed by atoms with Gasteiger partial charge in [0.2, 0.25) is 10.0 Å². The van der Waals surface area contributed by atoms with Gasteiger partial charge in [-0.05, 0) is 44.9 Å². The van der Waals surface area contributed by atoms with E-state index >= 15 is 0 Å². The second kappa shape index (κ2) is 8.54. The van der Waals surface area contributed by atoms with Gasteiger partial charge < -0.3 is 0 Å². The fourth-order valence-corrected chi connectivity index (χ4v) is 5.13. The molecule has 156 valence electrons. The van der Waals surface area contributed by atoms with Gasteiger partial charge in [0, 0.05) is 11.1 Å². The zero-order valence-electron chi connectivity index (χ0n) is 17.7. The largest absolute Gasteiger partial charge is 0.293 e. The molecule has 0 heterocycles. The predicted octanol–water partition coefficient (Wildman–Crippen LogP) is 5.09. The second-order valence-electron chi connectivity index (χ2n) is 8.47. The minimum absolute atomic E-state index is 0.126. The molecule has 0 aliphatic rings. The lowest BCUT2D eigenvalue weighted by Crippen LogP contribution is -2.41. The average Bonchev–Trinajstić information content (AvgIpc) is 2.68. The van der Waals surface area contributed by atoms with Gasteiger partial charge in [0.25, 0.3) is 0 Å². The van der Waals surface area contributed by atoms with Crippen LogP contribution in [0.1, 0.15) is 53.7 Å². The number of sulfonamides is 1. The maximum absolute atomic E-state index is 13.6. The highest BCUT2D eigenvalue weighted by molar-refractivity contribution is 7.89. The number of aryl methyl sites for hydroxylation is 1. The lowest BCUT2D eigenvalue weighted by Gasteiger charge is -2.24. The molecule has 0 fully saturated rings. The fourth-order valence-electron chi connectivity index (χ4n) is 3.48. The smallest absolute Gasteiger partial charge is 0.241 e. The number of benzene rings is 3. The fraction of sp³-hybridized carbons (Fsp3) is 0.240. The van der Waals surface area contributed by atoms with Crippen molar-refractivity contribution in [3.63, 3.8) is 0 Å². The van der Waals surface area contributed by atoms with Crippen LogP contribution in [-0.2, 0) is 10.0 Å². The van der Waals surface area contributed by atoms with Crippen LogP contribution in [0.2, 0.25) is 0 Å². The summed E-state index contributed by atoms with van der Waals surface area (Å²) >= 11 is 0. The van der Waals surface area contributed by atoms with Gasteiger partial charge in [0.05, 0.1) is 10.8 Å². The van der Waals surface area contributed by atoms with Gasteiger partial charge in [0.1, 0.15) is 0 Å². The molecule has 0 bridgehead atoms. The van der Waals surface area contributed by atoms with Crippen LogP contribution in [-0.4, -0.2) is 19.7 Å². The van der Waals surface area contributed by atoms with Crippen LogP contribution in [0.25, 0.3) is 0 Å². The minimum atomic E-state index is -3.84. The van der Waals surface area contributed by atoms with E-state index in [0.29, 0.717) is 11.1 Å². The highest BCUT2D eigenvalue weighted by Gasteiger charge is 2.32. The molecule has 1 atom stereocenters. The van der Waals surface area contributed by atoms with Crippen LogP contribution in [0.4, 0.5) is 0 Å². The van der Waals surface area contributed by atoms with Crippen LogP contribution < -0.4 is 4.72 Å². The van der Waals surface area contributed by atoms with Crippen molar-refractivity contribution in [2.75, 3.05) is 0 Å². The van der Waals surface area contributed by atoms with Crippen molar-refractivity contribution in [3.8, 4) is 0 Å². The van der Waals surface area contributed by atoms with E-state index in [4.69, 9.17) is 0 Å². The molecule has 30 heavy (non-hydrogen) atoms. The summed E-state index contributed by atoms with van der Waals surface area (Å²) in [5.74, 6) is -0.875. The van der Waals surface area contributed by atoms with Crippen molar-refractivity contribution in [2.24, 2.45) is 0 Å². The first-order chi connectivity index (χ1) is 14.1. The Bertz CT molecular complexity index is 1130. The van der Waals surface area contributed by atoms with Crippen molar-refractivity contribution >= 4 is 15.8 Å². The maximum atomic E-state index is 13.6. The van der Waals surface area contributed by atoms with Crippen molar-refractivity contribution in [1.82, 2.24) is 4.72 Å². The second-order valence-corrected chi connectivity index (χ2v) is 10.1. The van der Waals surface area contributed by atoms with Crippen molar-refractivity contribution in [2.45, 2.75) is 44.0 Å².